The van der Waals surface area contributed by atoms with Crippen LogP contribution in [0.1, 0.15) is 23.6 Å². The number of hydrogen-bond donors (Lipinski definition) is 0. The molecule has 0 spiro atoms. The molecule has 0 saturated heterocycles. The Labute approximate surface area is 108 Å². The normalized spacial score (nSPS) is 15.7. The van der Waals surface area contributed by atoms with E-state index in [4.69, 9.17) is 4.74 Å². The molecule has 0 aliphatic carbocycles. The smallest absolute Gasteiger partial charge is 0.330 e. The van der Waals surface area contributed by atoms with Gasteiger partial charge < -0.3 is 9.64 Å². The maximum atomic E-state index is 11.2. The van der Waals surface area contributed by atoms with Gasteiger partial charge in [-0.2, -0.15) is 0 Å². The summed E-state index contributed by atoms with van der Waals surface area (Å²) in [5, 5.41) is 0. The largest absolute Gasteiger partial charge is 0.463 e. The molecule has 1 aromatic carbocycles. The Hall–Kier alpha value is -1.61. The van der Waals surface area contributed by atoms with Crippen LogP contribution in [0.3, 0.4) is 0 Å². The molecule has 3 heteroatoms. The highest BCUT2D eigenvalue weighted by atomic mass is 16.5. The van der Waals surface area contributed by atoms with Crippen LogP contribution in [0.25, 0.3) is 6.08 Å². The second-order valence-electron chi connectivity index (χ2n) is 4.60. The number of ether oxygens (including phenoxy) is 1. The highest BCUT2D eigenvalue weighted by Crippen LogP contribution is 2.20. The molecule has 1 aliphatic heterocycles. The van der Waals surface area contributed by atoms with Crippen molar-refractivity contribution in [3.63, 3.8) is 0 Å². The summed E-state index contributed by atoms with van der Waals surface area (Å²) in [5.74, 6) is -0.282. The van der Waals surface area contributed by atoms with Gasteiger partial charge in [-0.1, -0.05) is 18.2 Å². The summed E-state index contributed by atoms with van der Waals surface area (Å²) in [6.07, 6.45) is 4.38. The molecule has 0 bridgehead atoms. The fraction of sp³-hybridized carbons (Fsp3) is 0.400. The molecule has 18 heavy (non-hydrogen) atoms. The summed E-state index contributed by atoms with van der Waals surface area (Å²) in [6.45, 7) is 4.33. The first-order chi connectivity index (χ1) is 8.69. The molecule has 96 valence electrons. The fourth-order valence-electron chi connectivity index (χ4n) is 2.17. The molecule has 0 unspecified atom stereocenters. The monoisotopic (exact) mass is 245 g/mol. The molecule has 1 heterocycles. The van der Waals surface area contributed by atoms with E-state index in [2.05, 4.69) is 24.1 Å². The average Bonchev–Trinajstić information content (AvgIpc) is 2.36. The summed E-state index contributed by atoms with van der Waals surface area (Å²) < 4.78 is 4.86. The molecular weight excluding hydrogens is 226 g/mol. The summed E-state index contributed by atoms with van der Waals surface area (Å²) in [4.78, 5) is 13.5. The lowest BCUT2D eigenvalue weighted by Gasteiger charge is -2.25. The number of esters is 1. The van der Waals surface area contributed by atoms with Gasteiger partial charge in [0.05, 0.1) is 6.61 Å². The van der Waals surface area contributed by atoms with Crippen molar-refractivity contribution in [2.75, 3.05) is 20.2 Å². The maximum absolute atomic E-state index is 11.2. The topological polar surface area (TPSA) is 29.5 Å². The van der Waals surface area contributed by atoms with Gasteiger partial charge in [0.25, 0.3) is 0 Å². The Morgan fingerprint density at radius 1 is 1.44 bits per heavy atom. The van der Waals surface area contributed by atoms with Crippen molar-refractivity contribution in [3.8, 4) is 0 Å². The molecule has 0 atom stereocenters. The summed E-state index contributed by atoms with van der Waals surface area (Å²) in [6, 6.07) is 6.36. The summed E-state index contributed by atoms with van der Waals surface area (Å²) in [5.41, 5.74) is 3.84. The zero-order valence-corrected chi connectivity index (χ0v) is 11.0. The number of nitrogens with zero attached hydrogens (tertiary/aromatic N) is 1. The van der Waals surface area contributed by atoms with Crippen molar-refractivity contribution >= 4 is 12.0 Å². The molecule has 0 fully saturated rings. The standard InChI is InChI=1S/C15H19NO2/c1-3-18-15(17)7-5-12-4-6-14-11-16(2)9-8-13(14)10-12/h4-7,10H,3,8-9,11H2,1-2H3. The molecule has 0 N–H and O–H groups in total. The predicted octanol–water partition coefficient (Wildman–Crippen LogP) is 2.25. The molecule has 0 radical (unpaired) electrons. The average molecular weight is 245 g/mol. The van der Waals surface area contributed by atoms with Crippen LogP contribution in [-0.4, -0.2) is 31.1 Å². The van der Waals surface area contributed by atoms with Gasteiger partial charge in [0.2, 0.25) is 0 Å². The SMILES string of the molecule is CCOC(=O)C=Cc1ccc2c(c1)CCN(C)C2. The molecule has 0 saturated carbocycles. The molecular formula is C15H19NO2. The van der Waals surface area contributed by atoms with Gasteiger partial charge in [-0.3, -0.25) is 0 Å². The van der Waals surface area contributed by atoms with Gasteiger partial charge in [-0.25, -0.2) is 4.79 Å². The van der Waals surface area contributed by atoms with E-state index in [1.165, 1.54) is 17.2 Å². The van der Waals surface area contributed by atoms with Crippen LogP contribution in [-0.2, 0) is 22.5 Å². The Balaban J connectivity index is 2.09. The number of benzene rings is 1. The molecule has 1 aromatic rings. The van der Waals surface area contributed by atoms with E-state index < -0.39 is 0 Å². The summed E-state index contributed by atoms with van der Waals surface area (Å²) in [7, 11) is 2.14. The van der Waals surface area contributed by atoms with E-state index in [1.54, 1.807) is 6.92 Å². The summed E-state index contributed by atoms with van der Waals surface area (Å²) >= 11 is 0. The van der Waals surface area contributed by atoms with Crippen molar-refractivity contribution in [2.45, 2.75) is 19.9 Å². The van der Waals surface area contributed by atoms with Crippen LogP contribution in [0.4, 0.5) is 0 Å². The second-order valence-corrected chi connectivity index (χ2v) is 4.60. The third-order valence-electron chi connectivity index (χ3n) is 3.13. The van der Waals surface area contributed by atoms with E-state index in [1.807, 2.05) is 12.1 Å². The zero-order valence-electron chi connectivity index (χ0n) is 11.0. The minimum Gasteiger partial charge on any atom is -0.463 e. The molecule has 2 rings (SSSR count). The van der Waals surface area contributed by atoms with E-state index in [9.17, 15) is 4.79 Å². The molecule has 3 nitrogen and oxygen atoms in total. The van der Waals surface area contributed by atoms with E-state index in [0.717, 1.165) is 25.1 Å². The number of carbonyl (C=O) groups is 1. The number of carbonyl (C=O) groups excluding carboxylic acids is 1. The number of likely N-dealkylation sites (N-methyl/N-ethyl adjacent to an activating group) is 1. The minimum atomic E-state index is -0.282. The van der Waals surface area contributed by atoms with Crippen molar-refractivity contribution in [1.82, 2.24) is 4.90 Å². The Bertz CT molecular complexity index is 466. The lowest BCUT2D eigenvalue weighted by molar-refractivity contribution is -0.137. The molecule has 1 aliphatic rings. The van der Waals surface area contributed by atoms with Gasteiger partial charge in [-0.05, 0) is 43.2 Å². The van der Waals surface area contributed by atoms with Gasteiger partial charge in [0.15, 0.2) is 0 Å². The number of hydrogen-bond acceptors (Lipinski definition) is 3. The van der Waals surface area contributed by atoms with Crippen LogP contribution >= 0.6 is 0 Å². The number of rotatable bonds is 3. The first-order valence-electron chi connectivity index (χ1n) is 6.34. The first-order valence-corrected chi connectivity index (χ1v) is 6.34. The van der Waals surface area contributed by atoms with Crippen LogP contribution in [0.15, 0.2) is 24.3 Å². The highest BCUT2D eigenvalue weighted by Gasteiger charge is 2.12. The van der Waals surface area contributed by atoms with Gasteiger partial charge in [-0.15, -0.1) is 0 Å². The van der Waals surface area contributed by atoms with Crippen molar-refractivity contribution in [2.24, 2.45) is 0 Å². The maximum Gasteiger partial charge on any atom is 0.330 e. The fourth-order valence-corrected chi connectivity index (χ4v) is 2.17. The van der Waals surface area contributed by atoms with Crippen LogP contribution < -0.4 is 0 Å². The van der Waals surface area contributed by atoms with Crippen LogP contribution in [0.5, 0.6) is 0 Å². The number of fused-ring (bicyclic) bond motifs is 1. The van der Waals surface area contributed by atoms with Crippen molar-refractivity contribution in [3.05, 3.63) is 41.0 Å². The van der Waals surface area contributed by atoms with Crippen molar-refractivity contribution in [1.29, 1.82) is 0 Å². The first kappa shape index (κ1) is 12.8. The second kappa shape index (κ2) is 5.83. The predicted molar refractivity (Wildman–Crippen MR) is 72.1 cm³/mol. The molecule has 0 amide bonds. The Kier molecular flexibility index (Phi) is 4.15. The quantitative estimate of drug-likeness (QED) is 0.604. The zero-order chi connectivity index (χ0) is 13.0. The van der Waals surface area contributed by atoms with Crippen LogP contribution in [0.2, 0.25) is 0 Å². The minimum absolute atomic E-state index is 0.282. The van der Waals surface area contributed by atoms with E-state index in [0.29, 0.717) is 6.61 Å². The van der Waals surface area contributed by atoms with Crippen LogP contribution in [0, 0.1) is 0 Å². The molecule has 0 aromatic heterocycles. The third-order valence-corrected chi connectivity index (χ3v) is 3.13. The Morgan fingerprint density at radius 2 is 2.28 bits per heavy atom. The van der Waals surface area contributed by atoms with Gasteiger partial charge in [0.1, 0.15) is 0 Å². The van der Waals surface area contributed by atoms with E-state index in [-0.39, 0.29) is 5.97 Å². The van der Waals surface area contributed by atoms with E-state index >= 15 is 0 Å². The lowest BCUT2D eigenvalue weighted by Crippen LogP contribution is -2.26. The highest BCUT2D eigenvalue weighted by molar-refractivity contribution is 5.87. The van der Waals surface area contributed by atoms with Gasteiger partial charge in [0, 0.05) is 19.2 Å². The third kappa shape index (κ3) is 3.20. The van der Waals surface area contributed by atoms with Crippen molar-refractivity contribution < 1.29 is 9.53 Å². The van der Waals surface area contributed by atoms with Gasteiger partial charge >= 0.3 is 5.97 Å². The Morgan fingerprint density at radius 3 is 3.06 bits per heavy atom. The lowest BCUT2D eigenvalue weighted by atomic mass is 9.97.